The second kappa shape index (κ2) is 3.60. The number of nitrogens with two attached hydrogens (primary N) is 1. The van der Waals surface area contributed by atoms with Gasteiger partial charge in [-0.15, -0.1) is 0 Å². The smallest absolute Gasteiger partial charge is 0.273 e. The van der Waals surface area contributed by atoms with Gasteiger partial charge in [0.15, 0.2) is 5.13 Å². The number of anilines is 1. The van der Waals surface area contributed by atoms with Crippen LogP contribution < -0.4 is 10.6 Å². The maximum atomic E-state index is 13.1. The first-order valence-electron chi connectivity index (χ1n) is 5.49. The Morgan fingerprint density at radius 3 is 2.65 bits per heavy atom. The maximum absolute atomic E-state index is 13.1. The third kappa shape index (κ3) is 1.73. The van der Waals surface area contributed by atoms with Gasteiger partial charge in [0.2, 0.25) is 0 Å². The second-order valence-corrected chi connectivity index (χ2v) is 5.47. The summed E-state index contributed by atoms with van der Waals surface area (Å²) >= 11 is 1.27. The van der Waals surface area contributed by atoms with Gasteiger partial charge in [0.05, 0.1) is 18.1 Å². The number of aromatic nitrogens is 1. The molecule has 4 nitrogen and oxygen atoms in total. The van der Waals surface area contributed by atoms with Gasteiger partial charge < -0.3 is 15.4 Å². The maximum Gasteiger partial charge on any atom is 0.273 e. The van der Waals surface area contributed by atoms with E-state index in [1.54, 1.807) is 0 Å². The van der Waals surface area contributed by atoms with E-state index in [4.69, 9.17) is 10.5 Å². The molecule has 1 saturated heterocycles. The van der Waals surface area contributed by atoms with Crippen molar-refractivity contribution < 1.29 is 13.5 Å². The van der Waals surface area contributed by atoms with Gasteiger partial charge in [-0.05, 0) is 0 Å². The molecule has 1 aliphatic carbocycles. The van der Waals surface area contributed by atoms with Crippen LogP contribution in [0.25, 0.3) is 0 Å². The predicted molar refractivity (Wildman–Crippen MR) is 60.6 cm³/mol. The lowest BCUT2D eigenvalue weighted by atomic mass is 10.2. The van der Waals surface area contributed by atoms with E-state index in [0.717, 1.165) is 18.2 Å². The number of nitrogens with zero attached hydrogens (tertiary/aromatic N) is 2. The van der Waals surface area contributed by atoms with Crippen molar-refractivity contribution in [2.75, 3.05) is 31.2 Å². The van der Waals surface area contributed by atoms with Crippen molar-refractivity contribution in [3.63, 3.8) is 0 Å². The first-order valence-corrected chi connectivity index (χ1v) is 6.30. The summed E-state index contributed by atoms with van der Waals surface area (Å²) in [6.45, 7) is 2.81. The van der Waals surface area contributed by atoms with Crippen LogP contribution in [-0.4, -0.2) is 37.2 Å². The number of alkyl halides is 2. The average molecular weight is 261 g/mol. The minimum Gasteiger partial charge on any atom is -0.378 e. The molecule has 2 aliphatic rings. The molecule has 1 saturated carbocycles. The fraction of sp³-hybridized carbons (Fsp3) is 0.700. The van der Waals surface area contributed by atoms with E-state index >= 15 is 0 Å². The molecule has 17 heavy (non-hydrogen) atoms. The summed E-state index contributed by atoms with van der Waals surface area (Å²) in [4.78, 5) is 6.71. The molecule has 1 atom stereocenters. The second-order valence-electron chi connectivity index (χ2n) is 4.46. The Balaban J connectivity index is 1.79. The molecule has 7 heteroatoms. The summed E-state index contributed by atoms with van der Waals surface area (Å²) in [5.74, 6) is -2.78. The zero-order valence-electron chi connectivity index (χ0n) is 9.16. The molecule has 94 valence electrons. The van der Waals surface area contributed by atoms with Gasteiger partial charge in [-0.1, -0.05) is 11.3 Å². The van der Waals surface area contributed by atoms with Crippen LogP contribution in [0.4, 0.5) is 13.9 Å². The highest BCUT2D eigenvalue weighted by molar-refractivity contribution is 7.15. The van der Waals surface area contributed by atoms with Gasteiger partial charge in [0.25, 0.3) is 5.92 Å². The fourth-order valence-electron chi connectivity index (χ4n) is 1.95. The SMILES string of the molecule is NC1(c2cnc(N3CCOCC3)s2)CC1(F)F. The van der Waals surface area contributed by atoms with Crippen molar-refractivity contribution >= 4 is 16.5 Å². The summed E-state index contributed by atoms with van der Waals surface area (Å²) in [5.41, 5.74) is 4.19. The van der Waals surface area contributed by atoms with E-state index in [-0.39, 0.29) is 6.42 Å². The Labute approximate surface area is 101 Å². The van der Waals surface area contributed by atoms with Gasteiger partial charge in [-0.2, -0.15) is 0 Å². The highest BCUT2D eigenvalue weighted by atomic mass is 32.1. The molecule has 1 aromatic rings. The van der Waals surface area contributed by atoms with E-state index in [1.807, 2.05) is 4.90 Å². The summed E-state index contributed by atoms with van der Waals surface area (Å²) in [7, 11) is 0. The van der Waals surface area contributed by atoms with Gasteiger partial charge in [-0.25, -0.2) is 13.8 Å². The number of ether oxygens (including phenoxy) is 1. The third-order valence-electron chi connectivity index (χ3n) is 3.24. The van der Waals surface area contributed by atoms with Crippen molar-refractivity contribution in [2.24, 2.45) is 5.73 Å². The van der Waals surface area contributed by atoms with Crippen molar-refractivity contribution in [2.45, 2.75) is 17.9 Å². The van der Waals surface area contributed by atoms with Crippen LogP contribution in [0.1, 0.15) is 11.3 Å². The summed E-state index contributed by atoms with van der Waals surface area (Å²) < 4.78 is 31.5. The normalized spacial score (nSPS) is 31.6. The Hall–Kier alpha value is -0.790. The standard InChI is InChI=1S/C10H13F2N3OS/c11-10(12)6-9(10,13)7-5-14-8(17-7)15-1-3-16-4-2-15/h5H,1-4,6,13H2. The third-order valence-corrected chi connectivity index (χ3v) is 4.48. The number of halogens is 2. The largest absolute Gasteiger partial charge is 0.378 e. The zero-order valence-corrected chi connectivity index (χ0v) is 9.97. The quantitative estimate of drug-likeness (QED) is 0.868. The van der Waals surface area contributed by atoms with Crippen LogP contribution in [0.3, 0.4) is 0 Å². The van der Waals surface area contributed by atoms with Gasteiger partial charge in [0.1, 0.15) is 5.54 Å². The van der Waals surface area contributed by atoms with E-state index in [9.17, 15) is 8.78 Å². The molecule has 0 amide bonds. The monoisotopic (exact) mass is 261 g/mol. The highest BCUT2D eigenvalue weighted by Gasteiger charge is 2.70. The van der Waals surface area contributed by atoms with Crippen molar-refractivity contribution in [1.29, 1.82) is 0 Å². The highest BCUT2D eigenvalue weighted by Crippen LogP contribution is 2.59. The Morgan fingerprint density at radius 1 is 1.41 bits per heavy atom. The van der Waals surface area contributed by atoms with E-state index in [1.165, 1.54) is 17.5 Å². The molecule has 0 spiro atoms. The molecule has 0 aromatic carbocycles. The first kappa shape index (κ1) is 11.3. The number of morpholine rings is 1. The van der Waals surface area contributed by atoms with E-state index in [0.29, 0.717) is 18.1 Å². The predicted octanol–water partition coefficient (Wildman–Crippen LogP) is 1.17. The first-order chi connectivity index (χ1) is 8.03. The van der Waals surface area contributed by atoms with E-state index < -0.39 is 11.5 Å². The fourth-order valence-corrected chi connectivity index (χ4v) is 3.07. The lowest BCUT2D eigenvalue weighted by molar-refractivity contribution is 0.0899. The van der Waals surface area contributed by atoms with Crippen LogP contribution in [0.5, 0.6) is 0 Å². The molecule has 2 N–H and O–H groups in total. The number of hydrogen-bond donors (Lipinski definition) is 1. The van der Waals surface area contributed by atoms with Gasteiger partial charge in [0, 0.05) is 25.7 Å². The Morgan fingerprint density at radius 2 is 2.06 bits per heavy atom. The molecule has 1 aromatic heterocycles. The molecule has 1 unspecified atom stereocenters. The average Bonchev–Trinajstić information content (AvgIpc) is 2.72. The van der Waals surface area contributed by atoms with Crippen LogP contribution in [0.15, 0.2) is 6.20 Å². The van der Waals surface area contributed by atoms with Crippen LogP contribution in [0, 0.1) is 0 Å². The van der Waals surface area contributed by atoms with Crippen LogP contribution in [-0.2, 0) is 10.3 Å². The lowest BCUT2D eigenvalue weighted by Gasteiger charge is -2.26. The number of rotatable bonds is 2. The Bertz CT molecular complexity index is 433. The molecular formula is C10H13F2N3OS. The summed E-state index contributed by atoms with van der Waals surface area (Å²) in [6, 6.07) is 0. The summed E-state index contributed by atoms with van der Waals surface area (Å²) in [6.07, 6.45) is 1.21. The molecule has 0 radical (unpaired) electrons. The van der Waals surface area contributed by atoms with Gasteiger partial charge in [-0.3, -0.25) is 0 Å². The molecule has 2 heterocycles. The topological polar surface area (TPSA) is 51.4 Å². The lowest BCUT2D eigenvalue weighted by Crippen LogP contribution is -2.36. The molecule has 0 bridgehead atoms. The van der Waals surface area contributed by atoms with Crippen LogP contribution in [0.2, 0.25) is 0 Å². The summed E-state index contributed by atoms with van der Waals surface area (Å²) in [5, 5.41) is 0.760. The zero-order chi connectivity index (χ0) is 12.1. The Kier molecular flexibility index (Phi) is 2.39. The molecule has 2 fully saturated rings. The molecular weight excluding hydrogens is 248 g/mol. The van der Waals surface area contributed by atoms with Crippen molar-refractivity contribution in [1.82, 2.24) is 4.98 Å². The molecule has 1 aliphatic heterocycles. The number of hydrogen-bond acceptors (Lipinski definition) is 5. The molecule has 3 rings (SSSR count). The minimum atomic E-state index is -2.78. The van der Waals surface area contributed by atoms with Gasteiger partial charge >= 0.3 is 0 Å². The number of thiazole rings is 1. The van der Waals surface area contributed by atoms with Crippen molar-refractivity contribution in [3.05, 3.63) is 11.1 Å². The van der Waals surface area contributed by atoms with E-state index in [2.05, 4.69) is 4.98 Å². The van der Waals surface area contributed by atoms with Crippen LogP contribution >= 0.6 is 11.3 Å². The minimum absolute atomic E-state index is 0.273. The van der Waals surface area contributed by atoms with Crippen molar-refractivity contribution in [3.8, 4) is 0 Å².